The summed E-state index contributed by atoms with van der Waals surface area (Å²) in [4.78, 5) is 12.4. The number of rotatable bonds is 4. The van der Waals surface area contributed by atoms with Crippen molar-refractivity contribution in [2.24, 2.45) is 0 Å². The number of hydrogen-bond acceptors (Lipinski definition) is 2. The van der Waals surface area contributed by atoms with Crippen LogP contribution in [0.1, 0.15) is 16.7 Å². The van der Waals surface area contributed by atoms with Crippen LogP contribution in [-0.2, 0) is 13.0 Å². The van der Waals surface area contributed by atoms with Gasteiger partial charge in [-0.3, -0.25) is 4.79 Å². The monoisotopic (exact) mass is 363 g/mol. The summed E-state index contributed by atoms with van der Waals surface area (Å²) < 4.78 is 30.3. The highest BCUT2D eigenvalue weighted by Gasteiger charge is 2.14. The van der Waals surface area contributed by atoms with E-state index in [0.717, 1.165) is 0 Å². The number of aliphatic hydroxyl groups is 1. The van der Waals surface area contributed by atoms with Crippen LogP contribution >= 0.6 is 11.6 Å². The Hall–Kier alpha value is -2.24. The molecule has 1 heterocycles. The van der Waals surface area contributed by atoms with E-state index >= 15 is 0 Å². The van der Waals surface area contributed by atoms with E-state index in [1.165, 1.54) is 24.3 Å². The normalized spacial score (nSPS) is 11.2. The first-order chi connectivity index (χ1) is 11.9. The van der Waals surface area contributed by atoms with Gasteiger partial charge in [-0.2, -0.15) is 0 Å². The topological polar surface area (TPSA) is 42.2 Å². The highest BCUT2D eigenvalue weighted by Crippen LogP contribution is 2.24. The molecule has 3 aromatic rings. The summed E-state index contributed by atoms with van der Waals surface area (Å²) in [5, 5.41) is 9.48. The van der Waals surface area contributed by atoms with Gasteiger partial charge in [-0.15, -0.1) is 0 Å². The molecule has 0 aliphatic rings. The SMILES string of the molecule is Cc1cn(CCO)c2cc(F)c(Cc3cccc(Cl)c3F)cc2c1=O. The third-order valence-corrected chi connectivity index (χ3v) is 4.47. The van der Waals surface area contributed by atoms with Crippen LogP contribution < -0.4 is 5.43 Å². The zero-order valence-corrected chi connectivity index (χ0v) is 14.3. The molecular weight excluding hydrogens is 348 g/mol. The third kappa shape index (κ3) is 3.30. The van der Waals surface area contributed by atoms with Crippen LogP contribution in [0.25, 0.3) is 10.9 Å². The van der Waals surface area contributed by atoms with Crippen molar-refractivity contribution < 1.29 is 13.9 Å². The van der Waals surface area contributed by atoms with Crippen LogP contribution in [0, 0.1) is 18.6 Å². The number of halogens is 3. The fraction of sp³-hybridized carbons (Fsp3) is 0.211. The Labute approximate surface area is 148 Å². The van der Waals surface area contributed by atoms with Gasteiger partial charge < -0.3 is 9.67 Å². The summed E-state index contributed by atoms with van der Waals surface area (Å²) in [6.45, 7) is 1.78. The maximum atomic E-state index is 14.6. The fourth-order valence-electron chi connectivity index (χ4n) is 2.92. The van der Waals surface area contributed by atoms with Gasteiger partial charge in [0.1, 0.15) is 11.6 Å². The molecule has 0 spiro atoms. The summed E-state index contributed by atoms with van der Waals surface area (Å²) in [6, 6.07) is 7.26. The number of aliphatic hydroxyl groups excluding tert-OH is 1. The van der Waals surface area contributed by atoms with Gasteiger partial charge in [0.05, 0.1) is 17.1 Å². The second-order valence-electron chi connectivity index (χ2n) is 5.91. The fourth-order valence-corrected chi connectivity index (χ4v) is 3.11. The lowest BCUT2D eigenvalue weighted by Gasteiger charge is -2.13. The maximum Gasteiger partial charge on any atom is 0.192 e. The van der Waals surface area contributed by atoms with Crippen molar-refractivity contribution in [2.75, 3.05) is 6.61 Å². The molecule has 25 heavy (non-hydrogen) atoms. The minimum Gasteiger partial charge on any atom is -0.395 e. The first kappa shape index (κ1) is 17.6. The molecule has 0 aliphatic heterocycles. The van der Waals surface area contributed by atoms with E-state index in [0.29, 0.717) is 16.5 Å². The molecule has 0 saturated heterocycles. The van der Waals surface area contributed by atoms with Crippen LogP contribution in [0.4, 0.5) is 8.78 Å². The second-order valence-corrected chi connectivity index (χ2v) is 6.32. The standard InChI is InChI=1S/C19H16ClF2NO2/c1-11-10-23(5-6-24)17-9-16(21)13(8-14(17)19(11)25)7-12-3-2-4-15(20)18(12)22/h2-4,8-10,24H,5-7H2,1H3. The maximum absolute atomic E-state index is 14.6. The predicted octanol–water partition coefficient (Wildman–Crippen LogP) is 3.82. The van der Waals surface area contributed by atoms with E-state index in [1.807, 2.05) is 0 Å². The Kier molecular flexibility index (Phi) is 4.88. The number of pyridine rings is 1. The first-order valence-electron chi connectivity index (χ1n) is 7.78. The van der Waals surface area contributed by atoms with E-state index in [4.69, 9.17) is 16.7 Å². The van der Waals surface area contributed by atoms with E-state index in [1.54, 1.807) is 23.8 Å². The average Bonchev–Trinajstić information content (AvgIpc) is 2.58. The molecule has 1 N–H and O–H groups in total. The average molecular weight is 364 g/mol. The van der Waals surface area contributed by atoms with E-state index in [2.05, 4.69) is 0 Å². The smallest absolute Gasteiger partial charge is 0.192 e. The van der Waals surface area contributed by atoms with Crippen LogP contribution in [0.5, 0.6) is 0 Å². The van der Waals surface area contributed by atoms with Gasteiger partial charge in [0.15, 0.2) is 5.43 Å². The van der Waals surface area contributed by atoms with Gasteiger partial charge in [0.2, 0.25) is 0 Å². The molecular formula is C19H16ClF2NO2. The summed E-state index contributed by atoms with van der Waals surface area (Å²) in [5.41, 5.74) is 1.16. The van der Waals surface area contributed by atoms with Gasteiger partial charge in [-0.25, -0.2) is 8.78 Å². The van der Waals surface area contributed by atoms with Crippen molar-refractivity contribution in [3.05, 3.63) is 80.1 Å². The van der Waals surface area contributed by atoms with Crippen molar-refractivity contribution >= 4 is 22.5 Å². The lowest BCUT2D eigenvalue weighted by atomic mass is 10.0. The summed E-state index contributed by atoms with van der Waals surface area (Å²) in [6.07, 6.45) is 1.58. The Morgan fingerprint density at radius 3 is 2.68 bits per heavy atom. The van der Waals surface area contributed by atoms with Crippen molar-refractivity contribution in [3.8, 4) is 0 Å². The molecule has 1 aromatic heterocycles. The summed E-state index contributed by atoms with van der Waals surface area (Å²) in [5.74, 6) is -1.13. The molecule has 0 fully saturated rings. The molecule has 3 rings (SSSR count). The van der Waals surface area contributed by atoms with Crippen LogP contribution in [0.15, 0.2) is 41.3 Å². The Bertz CT molecular complexity index is 1010. The lowest BCUT2D eigenvalue weighted by Crippen LogP contribution is -2.14. The quantitative estimate of drug-likeness (QED) is 0.765. The second kappa shape index (κ2) is 6.94. The Morgan fingerprint density at radius 1 is 1.20 bits per heavy atom. The van der Waals surface area contributed by atoms with Crippen molar-refractivity contribution in [2.45, 2.75) is 19.9 Å². The Balaban J connectivity index is 2.17. The van der Waals surface area contributed by atoms with Crippen molar-refractivity contribution in [3.63, 3.8) is 0 Å². The minimum atomic E-state index is -0.592. The van der Waals surface area contributed by atoms with Crippen LogP contribution in [0.2, 0.25) is 5.02 Å². The van der Waals surface area contributed by atoms with Gasteiger partial charge in [-0.05, 0) is 36.2 Å². The number of nitrogens with zero attached hydrogens (tertiary/aromatic N) is 1. The minimum absolute atomic E-state index is 0.0124. The predicted molar refractivity (Wildman–Crippen MR) is 94.2 cm³/mol. The Morgan fingerprint density at radius 2 is 1.96 bits per heavy atom. The molecule has 0 bridgehead atoms. The van der Waals surface area contributed by atoms with Crippen LogP contribution in [-0.4, -0.2) is 16.3 Å². The zero-order chi connectivity index (χ0) is 18.1. The number of fused-ring (bicyclic) bond motifs is 1. The number of benzene rings is 2. The molecule has 2 aromatic carbocycles. The van der Waals surface area contributed by atoms with E-state index in [-0.39, 0.29) is 41.2 Å². The highest BCUT2D eigenvalue weighted by molar-refractivity contribution is 6.30. The molecule has 0 unspecified atom stereocenters. The lowest BCUT2D eigenvalue weighted by molar-refractivity contribution is 0.277. The number of aryl methyl sites for hydroxylation is 1. The van der Waals surface area contributed by atoms with Gasteiger partial charge in [0, 0.05) is 30.1 Å². The molecule has 0 atom stereocenters. The van der Waals surface area contributed by atoms with Crippen molar-refractivity contribution in [1.82, 2.24) is 4.57 Å². The molecule has 130 valence electrons. The molecule has 0 amide bonds. The van der Waals surface area contributed by atoms with E-state index in [9.17, 15) is 13.6 Å². The van der Waals surface area contributed by atoms with Crippen LogP contribution in [0.3, 0.4) is 0 Å². The zero-order valence-electron chi connectivity index (χ0n) is 13.5. The molecule has 0 saturated carbocycles. The van der Waals surface area contributed by atoms with E-state index < -0.39 is 11.6 Å². The van der Waals surface area contributed by atoms with Crippen molar-refractivity contribution in [1.29, 1.82) is 0 Å². The number of aromatic nitrogens is 1. The molecule has 3 nitrogen and oxygen atoms in total. The summed E-state index contributed by atoms with van der Waals surface area (Å²) in [7, 11) is 0. The van der Waals surface area contributed by atoms with Gasteiger partial charge >= 0.3 is 0 Å². The highest BCUT2D eigenvalue weighted by atomic mass is 35.5. The first-order valence-corrected chi connectivity index (χ1v) is 8.16. The van der Waals surface area contributed by atoms with Gasteiger partial charge in [0.25, 0.3) is 0 Å². The molecule has 0 radical (unpaired) electrons. The van der Waals surface area contributed by atoms with Gasteiger partial charge in [-0.1, -0.05) is 23.7 Å². The third-order valence-electron chi connectivity index (χ3n) is 4.18. The molecule has 6 heteroatoms. The summed E-state index contributed by atoms with van der Waals surface area (Å²) >= 11 is 5.77. The number of hydrogen-bond donors (Lipinski definition) is 1. The molecule has 0 aliphatic carbocycles. The largest absolute Gasteiger partial charge is 0.395 e.